The largest absolute Gasteiger partial charge is 0.348 e. The Labute approximate surface area is 149 Å². The third-order valence-electron chi connectivity index (χ3n) is 5.12. The number of piperidine rings is 1. The standard InChI is InChI=1S/C17H21N5O2S/c23-14(10-18-16(24)13-2-1-9-25-13)22-7-4-17(5-8-22)15-12(3-6-21-17)19-11-20-15/h1-2,9,11,21H,3-8,10H2,(H,18,24)(H,19,20). The van der Waals surface area contributed by atoms with Crippen molar-refractivity contribution in [1.82, 2.24) is 25.5 Å². The van der Waals surface area contributed by atoms with E-state index in [1.165, 1.54) is 17.0 Å². The zero-order valence-corrected chi connectivity index (χ0v) is 14.7. The van der Waals surface area contributed by atoms with Crippen molar-refractivity contribution < 1.29 is 9.59 Å². The maximum Gasteiger partial charge on any atom is 0.261 e. The van der Waals surface area contributed by atoms with Gasteiger partial charge in [0.25, 0.3) is 5.91 Å². The maximum absolute atomic E-state index is 12.4. The van der Waals surface area contributed by atoms with Gasteiger partial charge in [0, 0.05) is 31.7 Å². The molecule has 2 aliphatic heterocycles. The van der Waals surface area contributed by atoms with Crippen LogP contribution < -0.4 is 10.6 Å². The fourth-order valence-corrected chi connectivity index (χ4v) is 4.39. The average molecular weight is 359 g/mol. The van der Waals surface area contributed by atoms with Crippen molar-refractivity contribution in [1.29, 1.82) is 0 Å². The second-order valence-corrected chi connectivity index (χ2v) is 7.48. The Morgan fingerprint density at radius 1 is 1.36 bits per heavy atom. The molecule has 25 heavy (non-hydrogen) atoms. The smallest absolute Gasteiger partial charge is 0.261 e. The second-order valence-electron chi connectivity index (χ2n) is 6.53. The van der Waals surface area contributed by atoms with Gasteiger partial charge >= 0.3 is 0 Å². The summed E-state index contributed by atoms with van der Waals surface area (Å²) in [5.74, 6) is -0.218. The highest BCUT2D eigenvalue weighted by Crippen LogP contribution is 2.35. The minimum atomic E-state index is -0.188. The molecule has 0 radical (unpaired) electrons. The van der Waals surface area contributed by atoms with Gasteiger partial charge in [0.1, 0.15) is 0 Å². The topological polar surface area (TPSA) is 90.1 Å². The van der Waals surface area contributed by atoms with E-state index in [0.717, 1.165) is 31.5 Å². The molecular weight excluding hydrogens is 338 g/mol. The number of likely N-dealkylation sites (tertiary alicyclic amines) is 1. The minimum absolute atomic E-state index is 0.0298. The van der Waals surface area contributed by atoms with E-state index in [1.54, 1.807) is 12.4 Å². The Kier molecular flexibility index (Phi) is 4.30. The predicted molar refractivity (Wildman–Crippen MR) is 94.4 cm³/mol. The first-order valence-corrected chi connectivity index (χ1v) is 9.43. The van der Waals surface area contributed by atoms with Crippen molar-refractivity contribution in [3.05, 3.63) is 40.1 Å². The van der Waals surface area contributed by atoms with Crippen molar-refractivity contribution in [2.24, 2.45) is 0 Å². The summed E-state index contributed by atoms with van der Waals surface area (Å²) in [6, 6.07) is 3.58. The summed E-state index contributed by atoms with van der Waals surface area (Å²) in [6.07, 6.45) is 4.41. The van der Waals surface area contributed by atoms with Gasteiger partial charge in [0.05, 0.1) is 29.0 Å². The Bertz CT molecular complexity index is 762. The van der Waals surface area contributed by atoms with Gasteiger partial charge in [0.2, 0.25) is 5.91 Å². The molecule has 0 aliphatic carbocycles. The molecule has 0 bridgehead atoms. The number of rotatable bonds is 3. The third-order valence-corrected chi connectivity index (χ3v) is 5.99. The molecule has 1 spiro atoms. The van der Waals surface area contributed by atoms with E-state index in [2.05, 4.69) is 20.6 Å². The Morgan fingerprint density at radius 2 is 2.20 bits per heavy atom. The van der Waals surface area contributed by atoms with Gasteiger partial charge in [0.15, 0.2) is 0 Å². The van der Waals surface area contributed by atoms with Crippen LogP contribution in [0.1, 0.15) is 33.9 Å². The van der Waals surface area contributed by atoms with Crippen LogP contribution >= 0.6 is 11.3 Å². The van der Waals surface area contributed by atoms with E-state index in [1.807, 2.05) is 16.3 Å². The number of H-pyrrole nitrogens is 1. The lowest BCUT2D eigenvalue weighted by molar-refractivity contribution is -0.132. The highest BCUT2D eigenvalue weighted by molar-refractivity contribution is 7.12. The van der Waals surface area contributed by atoms with E-state index in [0.29, 0.717) is 18.0 Å². The molecule has 2 aliphatic rings. The summed E-state index contributed by atoms with van der Waals surface area (Å²) in [6.45, 7) is 2.32. The van der Waals surface area contributed by atoms with Gasteiger partial charge in [-0.15, -0.1) is 11.3 Å². The third kappa shape index (κ3) is 3.07. The number of thiophene rings is 1. The average Bonchev–Trinajstić information content (AvgIpc) is 3.32. The van der Waals surface area contributed by atoms with Gasteiger partial charge < -0.3 is 20.5 Å². The van der Waals surface area contributed by atoms with Crippen molar-refractivity contribution >= 4 is 23.2 Å². The number of amides is 2. The lowest BCUT2D eigenvalue weighted by Crippen LogP contribution is -2.56. The van der Waals surface area contributed by atoms with E-state index >= 15 is 0 Å². The first-order chi connectivity index (χ1) is 12.2. The molecule has 2 aromatic rings. The van der Waals surface area contributed by atoms with Gasteiger partial charge in [-0.05, 0) is 24.3 Å². The summed E-state index contributed by atoms with van der Waals surface area (Å²) in [7, 11) is 0. The summed E-state index contributed by atoms with van der Waals surface area (Å²) in [5.41, 5.74) is 2.20. The number of aromatic amines is 1. The lowest BCUT2D eigenvalue weighted by Gasteiger charge is -2.44. The van der Waals surface area contributed by atoms with E-state index < -0.39 is 0 Å². The molecule has 3 N–H and O–H groups in total. The lowest BCUT2D eigenvalue weighted by atomic mass is 9.80. The molecule has 1 fully saturated rings. The zero-order valence-electron chi connectivity index (χ0n) is 13.9. The van der Waals surface area contributed by atoms with Crippen molar-refractivity contribution in [2.75, 3.05) is 26.2 Å². The molecule has 0 atom stereocenters. The first-order valence-electron chi connectivity index (χ1n) is 8.55. The summed E-state index contributed by atoms with van der Waals surface area (Å²) in [5, 5.41) is 8.18. The minimum Gasteiger partial charge on any atom is -0.348 e. The van der Waals surface area contributed by atoms with Gasteiger partial charge in [-0.3, -0.25) is 9.59 Å². The maximum atomic E-state index is 12.4. The molecule has 0 aromatic carbocycles. The monoisotopic (exact) mass is 359 g/mol. The Morgan fingerprint density at radius 3 is 2.96 bits per heavy atom. The van der Waals surface area contributed by atoms with Crippen molar-refractivity contribution in [3.8, 4) is 0 Å². The van der Waals surface area contributed by atoms with Crippen molar-refractivity contribution in [3.63, 3.8) is 0 Å². The number of hydrogen-bond acceptors (Lipinski definition) is 5. The van der Waals surface area contributed by atoms with Gasteiger partial charge in [-0.25, -0.2) is 4.98 Å². The summed E-state index contributed by atoms with van der Waals surface area (Å²) in [4.78, 5) is 34.6. The normalized spacial score (nSPS) is 18.8. The first kappa shape index (κ1) is 16.3. The van der Waals surface area contributed by atoms with Crippen LogP contribution in [-0.2, 0) is 16.8 Å². The Hall–Kier alpha value is -2.19. The molecule has 8 heteroatoms. The number of carbonyl (C=O) groups is 2. The highest BCUT2D eigenvalue weighted by atomic mass is 32.1. The molecule has 132 valence electrons. The van der Waals surface area contributed by atoms with Crippen LogP contribution in [0.2, 0.25) is 0 Å². The van der Waals surface area contributed by atoms with Crippen LogP contribution in [0, 0.1) is 0 Å². The van der Waals surface area contributed by atoms with E-state index in [-0.39, 0.29) is 23.9 Å². The predicted octanol–water partition coefficient (Wildman–Crippen LogP) is 0.865. The molecule has 2 aromatic heterocycles. The molecule has 7 nitrogen and oxygen atoms in total. The molecule has 0 unspecified atom stereocenters. The van der Waals surface area contributed by atoms with Crippen LogP contribution in [-0.4, -0.2) is 52.9 Å². The van der Waals surface area contributed by atoms with Crippen LogP contribution in [0.3, 0.4) is 0 Å². The fraction of sp³-hybridized carbons (Fsp3) is 0.471. The number of hydrogen-bond donors (Lipinski definition) is 3. The molecule has 2 amide bonds. The number of carbonyl (C=O) groups excluding carboxylic acids is 2. The van der Waals surface area contributed by atoms with Crippen LogP contribution in [0.4, 0.5) is 0 Å². The van der Waals surface area contributed by atoms with Crippen molar-refractivity contribution in [2.45, 2.75) is 24.8 Å². The number of fused-ring (bicyclic) bond motifs is 2. The van der Waals surface area contributed by atoms with E-state index in [9.17, 15) is 9.59 Å². The molecule has 1 saturated heterocycles. The van der Waals surface area contributed by atoms with Crippen LogP contribution in [0.15, 0.2) is 23.8 Å². The van der Waals surface area contributed by atoms with E-state index in [4.69, 9.17) is 0 Å². The number of imidazole rings is 1. The van der Waals surface area contributed by atoms with Gasteiger partial charge in [-0.1, -0.05) is 6.07 Å². The fourth-order valence-electron chi connectivity index (χ4n) is 3.75. The molecular formula is C17H21N5O2S. The second kappa shape index (κ2) is 6.61. The molecule has 4 heterocycles. The van der Waals surface area contributed by atoms with Crippen LogP contribution in [0.5, 0.6) is 0 Å². The summed E-state index contributed by atoms with van der Waals surface area (Å²) < 4.78 is 0. The highest BCUT2D eigenvalue weighted by Gasteiger charge is 2.41. The molecule has 4 rings (SSSR count). The number of aromatic nitrogens is 2. The number of nitrogens with one attached hydrogen (secondary N) is 3. The zero-order chi connectivity index (χ0) is 17.3. The van der Waals surface area contributed by atoms with Gasteiger partial charge in [-0.2, -0.15) is 0 Å². The molecule has 0 saturated carbocycles. The quantitative estimate of drug-likeness (QED) is 0.758. The Balaban J connectivity index is 1.33. The number of nitrogens with zero attached hydrogens (tertiary/aromatic N) is 2. The SMILES string of the molecule is O=C(NCC(=O)N1CCC2(CC1)NCCc1[nH]cnc12)c1cccs1. The summed E-state index contributed by atoms with van der Waals surface area (Å²) >= 11 is 1.37. The van der Waals surface area contributed by atoms with Crippen LogP contribution in [0.25, 0.3) is 0 Å².